The minimum atomic E-state index is 0.621. The summed E-state index contributed by atoms with van der Waals surface area (Å²) in [5.74, 6) is 0. The molecule has 1 aromatic heterocycles. The van der Waals surface area contributed by atoms with Crippen molar-refractivity contribution in [2.75, 3.05) is 37.7 Å². The largest absolute Gasteiger partial charge is 0.380 e. The molecule has 2 rings (SSSR count). The Bertz CT molecular complexity index is 375. The molecule has 0 amide bonds. The van der Waals surface area contributed by atoms with E-state index in [1.54, 1.807) is 0 Å². The Kier molecular flexibility index (Phi) is 6.54. The van der Waals surface area contributed by atoms with Crippen molar-refractivity contribution in [2.45, 2.75) is 25.3 Å². The summed E-state index contributed by atoms with van der Waals surface area (Å²) < 4.78 is 5.50. The Morgan fingerprint density at radius 3 is 2.75 bits per heavy atom. The molecule has 1 N–H and O–H groups in total. The summed E-state index contributed by atoms with van der Waals surface area (Å²) in [6, 6.07) is 4.79. The zero-order valence-corrected chi connectivity index (χ0v) is 12.1. The lowest BCUT2D eigenvalue weighted by Crippen LogP contribution is -2.43. The average Bonchev–Trinajstić information content (AvgIpc) is 2.52. The van der Waals surface area contributed by atoms with Gasteiger partial charge in [-0.3, -0.25) is 4.98 Å². The van der Waals surface area contributed by atoms with Crippen LogP contribution in [0.4, 0.5) is 5.69 Å². The molecule has 0 bridgehead atoms. The normalized spacial score (nSPS) is 16.3. The first-order chi connectivity index (χ1) is 9.90. The van der Waals surface area contributed by atoms with Gasteiger partial charge in [0, 0.05) is 43.8 Å². The van der Waals surface area contributed by atoms with E-state index in [0.29, 0.717) is 6.04 Å². The first kappa shape index (κ1) is 15.0. The molecule has 0 atom stereocenters. The van der Waals surface area contributed by atoms with Gasteiger partial charge in [-0.1, -0.05) is 6.08 Å². The average molecular weight is 275 g/mol. The van der Waals surface area contributed by atoms with E-state index in [1.807, 2.05) is 18.5 Å². The zero-order valence-electron chi connectivity index (χ0n) is 12.1. The maximum atomic E-state index is 5.50. The lowest BCUT2D eigenvalue weighted by molar-refractivity contribution is 0.137. The third kappa shape index (κ3) is 4.94. The molecule has 2 heterocycles. The molecule has 20 heavy (non-hydrogen) atoms. The number of nitrogens with zero attached hydrogens (tertiary/aromatic N) is 2. The minimum absolute atomic E-state index is 0.621. The first-order valence-corrected chi connectivity index (χ1v) is 7.47. The van der Waals surface area contributed by atoms with E-state index in [-0.39, 0.29) is 0 Å². The standard InChI is InChI=1S/C16H25N3O/c1-2-3-13-20-14-10-18-15-6-11-19(12-7-15)16-4-8-17-9-5-16/h2,4-5,8-9,15,18H,1,3,6-7,10-14H2. The van der Waals surface area contributed by atoms with Crippen LogP contribution in [0.5, 0.6) is 0 Å². The van der Waals surface area contributed by atoms with Gasteiger partial charge in [0.2, 0.25) is 0 Å². The van der Waals surface area contributed by atoms with Crippen molar-refractivity contribution in [2.24, 2.45) is 0 Å². The van der Waals surface area contributed by atoms with Crippen LogP contribution >= 0.6 is 0 Å². The lowest BCUT2D eigenvalue weighted by atomic mass is 10.0. The molecule has 4 heteroatoms. The fraction of sp³-hybridized carbons (Fsp3) is 0.562. The van der Waals surface area contributed by atoms with Gasteiger partial charge in [0.05, 0.1) is 13.2 Å². The van der Waals surface area contributed by atoms with Gasteiger partial charge >= 0.3 is 0 Å². The highest BCUT2D eigenvalue weighted by Gasteiger charge is 2.18. The number of rotatable bonds is 8. The van der Waals surface area contributed by atoms with E-state index in [9.17, 15) is 0 Å². The predicted octanol–water partition coefficient (Wildman–Crippen LogP) is 2.23. The van der Waals surface area contributed by atoms with Gasteiger partial charge in [0.25, 0.3) is 0 Å². The van der Waals surface area contributed by atoms with Crippen molar-refractivity contribution in [1.29, 1.82) is 0 Å². The van der Waals surface area contributed by atoms with Crippen molar-refractivity contribution < 1.29 is 4.74 Å². The Labute approximate surface area is 121 Å². The maximum Gasteiger partial charge on any atom is 0.0591 e. The van der Waals surface area contributed by atoms with Gasteiger partial charge in [-0.25, -0.2) is 0 Å². The second-order valence-corrected chi connectivity index (χ2v) is 5.11. The summed E-state index contributed by atoms with van der Waals surface area (Å²) in [4.78, 5) is 6.50. The van der Waals surface area contributed by atoms with Crippen LogP contribution in [0.25, 0.3) is 0 Å². The fourth-order valence-electron chi connectivity index (χ4n) is 2.50. The predicted molar refractivity (Wildman–Crippen MR) is 83.1 cm³/mol. The Morgan fingerprint density at radius 1 is 1.30 bits per heavy atom. The highest BCUT2D eigenvalue weighted by molar-refractivity contribution is 5.44. The van der Waals surface area contributed by atoms with E-state index < -0.39 is 0 Å². The SMILES string of the molecule is C=CCCOCCNC1CCN(c2ccncc2)CC1. The molecule has 1 fully saturated rings. The minimum Gasteiger partial charge on any atom is -0.380 e. The summed E-state index contributed by atoms with van der Waals surface area (Å²) in [6.45, 7) is 8.42. The van der Waals surface area contributed by atoms with Gasteiger partial charge < -0.3 is 15.0 Å². The summed E-state index contributed by atoms with van der Waals surface area (Å²) in [5, 5.41) is 3.58. The molecular weight excluding hydrogens is 250 g/mol. The number of ether oxygens (including phenoxy) is 1. The quantitative estimate of drug-likeness (QED) is 0.583. The molecular formula is C16H25N3O. The third-order valence-corrected chi connectivity index (χ3v) is 3.67. The van der Waals surface area contributed by atoms with Crippen LogP contribution in [-0.4, -0.2) is 43.9 Å². The van der Waals surface area contributed by atoms with E-state index >= 15 is 0 Å². The summed E-state index contributed by atoms with van der Waals surface area (Å²) >= 11 is 0. The molecule has 1 aromatic rings. The maximum absolute atomic E-state index is 5.50. The number of pyridine rings is 1. The Morgan fingerprint density at radius 2 is 2.05 bits per heavy atom. The molecule has 0 aromatic carbocycles. The second kappa shape index (κ2) is 8.72. The number of aromatic nitrogens is 1. The summed E-state index contributed by atoms with van der Waals surface area (Å²) in [7, 11) is 0. The summed E-state index contributed by atoms with van der Waals surface area (Å²) in [6.07, 6.45) is 8.93. The van der Waals surface area contributed by atoms with Crippen LogP contribution in [0.3, 0.4) is 0 Å². The highest BCUT2D eigenvalue weighted by Crippen LogP contribution is 2.18. The van der Waals surface area contributed by atoms with Gasteiger partial charge in [0.15, 0.2) is 0 Å². The van der Waals surface area contributed by atoms with Crippen LogP contribution in [0.15, 0.2) is 37.2 Å². The van der Waals surface area contributed by atoms with Crippen LogP contribution in [0, 0.1) is 0 Å². The van der Waals surface area contributed by atoms with E-state index in [1.165, 1.54) is 18.5 Å². The van der Waals surface area contributed by atoms with E-state index in [0.717, 1.165) is 39.3 Å². The first-order valence-electron chi connectivity index (χ1n) is 7.47. The van der Waals surface area contributed by atoms with Crippen LogP contribution in [0.1, 0.15) is 19.3 Å². The smallest absolute Gasteiger partial charge is 0.0591 e. The van der Waals surface area contributed by atoms with E-state index in [4.69, 9.17) is 4.74 Å². The van der Waals surface area contributed by atoms with Gasteiger partial charge in [-0.05, 0) is 31.4 Å². The number of hydrogen-bond acceptors (Lipinski definition) is 4. The van der Waals surface area contributed by atoms with Crippen LogP contribution in [0.2, 0.25) is 0 Å². The molecule has 0 aliphatic carbocycles. The van der Waals surface area contributed by atoms with Gasteiger partial charge in [-0.2, -0.15) is 0 Å². The van der Waals surface area contributed by atoms with Crippen LogP contribution in [-0.2, 0) is 4.74 Å². The molecule has 0 radical (unpaired) electrons. The third-order valence-electron chi connectivity index (χ3n) is 3.67. The van der Waals surface area contributed by atoms with Crippen molar-refractivity contribution in [1.82, 2.24) is 10.3 Å². The fourth-order valence-corrected chi connectivity index (χ4v) is 2.50. The van der Waals surface area contributed by atoms with Crippen molar-refractivity contribution in [3.8, 4) is 0 Å². The number of anilines is 1. The van der Waals surface area contributed by atoms with Gasteiger partial charge in [0.1, 0.15) is 0 Å². The topological polar surface area (TPSA) is 37.4 Å². The second-order valence-electron chi connectivity index (χ2n) is 5.11. The van der Waals surface area contributed by atoms with Crippen molar-refractivity contribution in [3.05, 3.63) is 37.2 Å². The molecule has 1 saturated heterocycles. The van der Waals surface area contributed by atoms with E-state index in [2.05, 4.69) is 33.9 Å². The Balaban J connectivity index is 1.59. The van der Waals surface area contributed by atoms with Crippen molar-refractivity contribution in [3.63, 3.8) is 0 Å². The number of piperidine rings is 1. The molecule has 110 valence electrons. The summed E-state index contributed by atoms with van der Waals surface area (Å²) in [5.41, 5.74) is 1.28. The van der Waals surface area contributed by atoms with Crippen molar-refractivity contribution >= 4 is 5.69 Å². The Hall–Kier alpha value is -1.39. The molecule has 0 saturated carbocycles. The number of nitrogens with one attached hydrogen (secondary N) is 1. The molecule has 0 spiro atoms. The van der Waals surface area contributed by atoms with Crippen LogP contribution < -0.4 is 10.2 Å². The molecule has 4 nitrogen and oxygen atoms in total. The zero-order chi connectivity index (χ0) is 14.0. The molecule has 1 aliphatic rings. The van der Waals surface area contributed by atoms with Gasteiger partial charge in [-0.15, -0.1) is 6.58 Å². The monoisotopic (exact) mass is 275 g/mol. The molecule has 1 aliphatic heterocycles. The lowest BCUT2D eigenvalue weighted by Gasteiger charge is -2.34. The molecule has 0 unspecified atom stereocenters. The highest BCUT2D eigenvalue weighted by atomic mass is 16.5. The number of hydrogen-bond donors (Lipinski definition) is 1.